The number of hydrogen-bond donors (Lipinski definition) is 1. The zero-order chi connectivity index (χ0) is 14.5. The molecule has 0 spiro atoms. The number of anilines is 1. The van der Waals surface area contributed by atoms with Gasteiger partial charge in [0.2, 0.25) is 0 Å². The fourth-order valence-corrected chi connectivity index (χ4v) is 2.27. The fourth-order valence-electron chi connectivity index (χ4n) is 2.27. The summed E-state index contributed by atoms with van der Waals surface area (Å²) in [4.78, 5) is 9.37. The second-order valence-electron chi connectivity index (χ2n) is 4.77. The van der Waals surface area contributed by atoms with Crippen LogP contribution in [0, 0.1) is 6.92 Å². The zero-order valence-electron chi connectivity index (χ0n) is 12.8. The van der Waals surface area contributed by atoms with Crippen molar-refractivity contribution in [2.75, 3.05) is 11.9 Å². The Hall–Kier alpha value is -1.91. The summed E-state index contributed by atoms with van der Waals surface area (Å²) in [5.41, 5.74) is 3.13. The van der Waals surface area contributed by atoms with E-state index in [9.17, 15) is 0 Å². The SMILES string of the molecule is CCCc1nc(NCC)c(C)c(-c2ccnn2CC)n1. The van der Waals surface area contributed by atoms with Crippen LogP contribution in [0.1, 0.15) is 38.6 Å². The van der Waals surface area contributed by atoms with Gasteiger partial charge in [-0.1, -0.05) is 6.92 Å². The smallest absolute Gasteiger partial charge is 0.133 e. The van der Waals surface area contributed by atoms with Crippen molar-refractivity contribution in [2.45, 2.75) is 47.1 Å². The molecule has 0 atom stereocenters. The van der Waals surface area contributed by atoms with E-state index in [2.05, 4.69) is 43.1 Å². The predicted octanol–water partition coefficient (Wildman–Crippen LogP) is 3.05. The Kier molecular flexibility index (Phi) is 4.71. The summed E-state index contributed by atoms with van der Waals surface area (Å²) < 4.78 is 1.97. The molecule has 0 saturated carbocycles. The molecule has 0 bridgehead atoms. The molecule has 2 heterocycles. The molecule has 2 rings (SSSR count). The minimum absolute atomic E-state index is 0.839. The third-order valence-corrected chi connectivity index (χ3v) is 3.27. The molecule has 108 valence electrons. The Morgan fingerprint density at radius 3 is 2.65 bits per heavy atom. The van der Waals surface area contributed by atoms with Gasteiger partial charge in [-0.3, -0.25) is 4.68 Å². The van der Waals surface area contributed by atoms with Crippen molar-refractivity contribution in [3.05, 3.63) is 23.7 Å². The highest BCUT2D eigenvalue weighted by Crippen LogP contribution is 2.26. The number of aromatic nitrogens is 4. The highest BCUT2D eigenvalue weighted by atomic mass is 15.3. The molecule has 0 aromatic carbocycles. The quantitative estimate of drug-likeness (QED) is 0.879. The van der Waals surface area contributed by atoms with Gasteiger partial charge in [0.05, 0.1) is 11.4 Å². The lowest BCUT2D eigenvalue weighted by atomic mass is 10.1. The van der Waals surface area contributed by atoms with Crippen LogP contribution in [0.25, 0.3) is 11.4 Å². The van der Waals surface area contributed by atoms with Gasteiger partial charge in [0, 0.05) is 31.3 Å². The van der Waals surface area contributed by atoms with Gasteiger partial charge in [-0.25, -0.2) is 9.97 Å². The Labute approximate surface area is 120 Å². The van der Waals surface area contributed by atoms with Crippen LogP contribution in [-0.2, 0) is 13.0 Å². The van der Waals surface area contributed by atoms with Crippen molar-refractivity contribution in [3.8, 4) is 11.4 Å². The Bertz CT molecular complexity index is 574. The van der Waals surface area contributed by atoms with Crippen molar-refractivity contribution in [2.24, 2.45) is 0 Å². The van der Waals surface area contributed by atoms with E-state index in [4.69, 9.17) is 4.98 Å². The first-order valence-corrected chi connectivity index (χ1v) is 7.34. The van der Waals surface area contributed by atoms with Crippen molar-refractivity contribution >= 4 is 5.82 Å². The highest BCUT2D eigenvalue weighted by molar-refractivity contribution is 5.65. The minimum atomic E-state index is 0.839. The highest BCUT2D eigenvalue weighted by Gasteiger charge is 2.15. The average molecular weight is 273 g/mol. The van der Waals surface area contributed by atoms with Crippen LogP contribution in [0.3, 0.4) is 0 Å². The Morgan fingerprint density at radius 1 is 1.20 bits per heavy atom. The summed E-state index contributed by atoms with van der Waals surface area (Å²) in [6.07, 6.45) is 3.76. The summed E-state index contributed by atoms with van der Waals surface area (Å²) in [6, 6.07) is 2.02. The van der Waals surface area contributed by atoms with Gasteiger partial charge >= 0.3 is 0 Å². The van der Waals surface area contributed by atoms with E-state index in [-0.39, 0.29) is 0 Å². The molecule has 0 aliphatic heterocycles. The van der Waals surface area contributed by atoms with Crippen LogP contribution in [0.4, 0.5) is 5.82 Å². The number of rotatable bonds is 6. The molecular weight excluding hydrogens is 250 g/mol. The summed E-state index contributed by atoms with van der Waals surface area (Å²) in [5.74, 6) is 1.83. The van der Waals surface area contributed by atoms with Crippen LogP contribution < -0.4 is 5.32 Å². The monoisotopic (exact) mass is 273 g/mol. The van der Waals surface area contributed by atoms with Gasteiger partial charge in [-0.15, -0.1) is 0 Å². The first-order valence-electron chi connectivity index (χ1n) is 7.34. The number of nitrogens with one attached hydrogen (secondary N) is 1. The normalized spacial score (nSPS) is 10.8. The lowest BCUT2D eigenvalue weighted by Crippen LogP contribution is -2.09. The van der Waals surface area contributed by atoms with Gasteiger partial charge < -0.3 is 5.32 Å². The maximum Gasteiger partial charge on any atom is 0.133 e. The number of nitrogens with zero attached hydrogens (tertiary/aromatic N) is 4. The molecule has 0 unspecified atom stereocenters. The van der Waals surface area contributed by atoms with E-state index < -0.39 is 0 Å². The second kappa shape index (κ2) is 6.50. The summed E-state index contributed by atoms with van der Waals surface area (Å²) in [7, 11) is 0. The molecule has 0 aliphatic carbocycles. The van der Waals surface area contributed by atoms with Crippen molar-refractivity contribution in [3.63, 3.8) is 0 Å². The van der Waals surface area contributed by atoms with Crippen LogP contribution in [0.2, 0.25) is 0 Å². The van der Waals surface area contributed by atoms with E-state index >= 15 is 0 Å². The molecule has 0 amide bonds. The van der Waals surface area contributed by atoms with Gasteiger partial charge in [0.1, 0.15) is 11.6 Å². The van der Waals surface area contributed by atoms with Crippen molar-refractivity contribution in [1.29, 1.82) is 0 Å². The van der Waals surface area contributed by atoms with Gasteiger partial charge in [-0.2, -0.15) is 5.10 Å². The van der Waals surface area contributed by atoms with E-state index in [1.54, 1.807) is 0 Å². The van der Waals surface area contributed by atoms with Crippen LogP contribution in [0.15, 0.2) is 12.3 Å². The van der Waals surface area contributed by atoms with E-state index in [0.717, 1.165) is 54.5 Å². The first-order chi connectivity index (χ1) is 9.71. The maximum atomic E-state index is 4.74. The predicted molar refractivity (Wildman–Crippen MR) is 81.8 cm³/mol. The largest absolute Gasteiger partial charge is 0.370 e. The minimum Gasteiger partial charge on any atom is -0.370 e. The van der Waals surface area contributed by atoms with Crippen LogP contribution in [-0.4, -0.2) is 26.3 Å². The summed E-state index contributed by atoms with van der Waals surface area (Å²) in [5, 5.41) is 7.67. The summed E-state index contributed by atoms with van der Waals surface area (Å²) >= 11 is 0. The van der Waals surface area contributed by atoms with E-state index in [1.165, 1.54) is 0 Å². The molecule has 0 saturated heterocycles. The number of hydrogen-bond acceptors (Lipinski definition) is 4. The topological polar surface area (TPSA) is 55.6 Å². The third-order valence-electron chi connectivity index (χ3n) is 3.27. The first kappa shape index (κ1) is 14.5. The molecular formula is C15H23N5. The molecule has 0 aliphatic rings. The molecule has 20 heavy (non-hydrogen) atoms. The molecule has 5 heteroatoms. The third kappa shape index (κ3) is 2.81. The standard InChI is InChI=1S/C15H23N5/c1-5-8-13-18-14(11(4)15(19-13)16-6-2)12-9-10-17-20(12)7-3/h9-10H,5-8H2,1-4H3,(H,16,18,19). The lowest BCUT2D eigenvalue weighted by Gasteiger charge is -2.14. The molecule has 2 aromatic rings. The molecule has 2 aromatic heterocycles. The van der Waals surface area contributed by atoms with Gasteiger partial charge in [0.15, 0.2) is 0 Å². The zero-order valence-corrected chi connectivity index (χ0v) is 12.8. The Morgan fingerprint density at radius 2 is 2.00 bits per heavy atom. The molecule has 0 fully saturated rings. The summed E-state index contributed by atoms with van der Waals surface area (Å²) in [6.45, 7) is 10.1. The molecule has 5 nitrogen and oxygen atoms in total. The number of aryl methyl sites for hydroxylation is 2. The van der Waals surface area contributed by atoms with E-state index in [0.29, 0.717) is 0 Å². The van der Waals surface area contributed by atoms with Gasteiger partial charge in [-0.05, 0) is 33.3 Å². The molecule has 0 radical (unpaired) electrons. The van der Waals surface area contributed by atoms with E-state index in [1.807, 2.05) is 16.9 Å². The van der Waals surface area contributed by atoms with Gasteiger partial charge in [0.25, 0.3) is 0 Å². The van der Waals surface area contributed by atoms with Crippen LogP contribution in [0.5, 0.6) is 0 Å². The Balaban J connectivity index is 2.55. The van der Waals surface area contributed by atoms with Crippen molar-refractivity contribution < 1.29 is 0 Å². The van der Waals surface area contributed by atoms with Crippen molar-refractivity contribution in [1.82, 2.24) is 19.7 Å². The maximum absolute atomic E-state index is 4.74. The second-order valence-corrected chi connectivity index (χ2v) is 4.77. The molecule has 1 N–H and O–H groups in total. The fraction of sp³-hybridized carbons (Fsp3) is 0.533. The lowest BCUT2D eigenvalue weighted by molar-refractivity contribution is 0.664. The van der Waals surface area contributed by atoms with Crippen LogP contribution >= 0.6 is 0 Å². The average Bonchev–Trinajstić information content (AvgIpc) is 2.91.